The first-order chi connectivity index (χ1) is 12.7. The number of anilines is 2. The molecule has 2 amide bonds. The second-order valence-electron chi connectivity index (χ2n) is 6.28. The molecule has 3 rings (SSSR count). The number of aromatic nitrogens is 2. The van der Waals surface area contributed by atoms with E-state index in [1.807, 2.05) is 18.2 Å². The van der Waals surface area contributed by atoms with Crippen LogP contribution in [0.15, 0.2) is 48.8 Å². The Kier molecular flexibility index (Phi) is 6.14. The van der Waals surface area contributed by atoms with Gasteiger partial charge in [0.15, 0.2) is 0 Å². The van der Waals surface area contributed by atoms with Crippen LogP contribution in [-0.2, 0) is 9.59 Å². The molecule has 3 heterocycles. The predicted octanol–water partition coefficient (Wildman–Crippen LogP) is 1.84. The summed E-state index contributed by atoms with van der Waals surface area (Å²) in [6, 6.07) is 11.1. The van der Waals surface area contributed by atoms with Gasteiger partial charge in [-0.25, -0.2) is 9.97 Å². The molecule has 0 saturated carbocycles. The van der Waals surface area contributed by atoms with E-state index in [9.17, 15) is 9.59 Å². The monoisotopic (exact) mass is 353 g/mol. The number of amides is 2. The highest BCUT2D eigenvalue weighted by atomic mass is 16.2. The fourth-order valence-corrected chi connectivity index (χ4v) is 3.03. The molecule has 0 aromatic carbocycles. The molecule has 1 unspecified atom stereocenters. The maximum absolute atomic E-state index is 12.4. The zero-order valence-corrected chi connectivity index (χ0v) is 14.6. The summed E-state index contributed by atoms with van der Waals surface area (Å²) in [4.78, 5) is 34.8. The fourth-order valence-electron chi connectivity index (χ4n) is 3.03. The zero-order valence-electron chi connectivity index (χ0n) is 14.6. The Morgan fingerprint density at radius 1 is 1.12 bits per heavy atom. The number of pyridine rings is 2. The summed E-state index contributed by atoms with van der Waals surface area (Å²) in [5.41, 5.74) is 0. The van der Waals surface area contributed by atoms with Crippen molar-refractivity contribution in [2.75, 3.05) is 29.9 Å². The van der Waals surface area contributed by atoms with E-state index in [2.05, 4.69) is 25.5 Å². The van der Waals surface area contributed by atoms with Crippen molar-refractivity contribution in [3.05, 3.63) is 48.8 Å². The summed E-state index contributed by atoms with van der Waals surface area (Å²) in [6.07, 6.45) is 5.41. The Hall–Kier alpha value is -2.96. The minimum Gasteiger partial charge on any atom is -0.356 e. The van der Waals surface area contributed by atoms with Gasteiger partial charge in [0.1, 0.15) is 11.6 Å². The standard InChI is InChI=1S/C19H23N5O2/c25-18(23-16-7-1-3-10-20-16)9-12-22-19(26)15-6-5-13-24(14-15)17-8-2-4-11-21-17/h1-4,7-8,10-11,15H,5-6,9,12-14H2,(H,22,26)(H,20,23,25). The van der Waals surface area contributed by atoms with E-state index in [0.717, 1.165) is 25.2 Å². The minimum absolute atomic E-state index is 0.00346. The van der Waals surface area contributed by atoms with Crippen LogP contribution < -0.4 is 15.5 Å². The molecule has 26 heavy (non-hydrogen) atoms. The number of piperidine rings is 1. The van der Waals surface area contributed by atoms with Crippen LogP contribution in [0.3, 0.4) is 0 Å². The second kappa shape index (κ2) is 8.94. The van der Waals surface area contributed by atoms with E-state index < -0.39 is 0 Å². The molecular formula is C19H23N5O2. The van der Waals surface area contributed by atoms with Crippen LogP contribution in [0.5, 0.6) is 0 Å². The average Bonchev–Trinajstić information content (AvgIpc) is 2.69. The van der Waals surface area contributed by atoms with Gasteiger partial charge in [0, 0.05) is 38.4 Å². The first kappa shape index (κ1) is 17.8. The van der Waals surface area contributed by atoms with Crippen molar-refractivity contribution in [1.29, 1.82) is 0 Å². The van der Waals surface area contributed by atoms with Gasteiger partial charge in [0.2, 0.25) is 11.8 Å². The molecule has 0 bridgehead atoms. The van der Waals surface area contributed by atoms with E-state index in [1.54, 1.807) is 30.6 Å². The van der Waals surface area contributed by atoms with Crippen LogP contribution in [0.4, 0.5) is 11.6 Å². The van der Waals surface area contributed by atoms with Crippen LogP contribution in [0, 0.1) is 5.92 Å². The smallest absolute Gasteiger partial charge is 0.227 e. The highest BCUT2D eigenvalue weighted by Crippen LogP contribution is 2.21. The van der Waals surface area contributed by atoms with Crippen molar-refractivity contribution in [2.24, 2.45) is 5.92 Å². The van der Waals surface area contributed by atoms with Gasteiger partial charge in [-0.2, -0.15) is 0 Å². The highest BCUT2D eigenvalue weighted by molar-refractivity contribution is 5.90. The van der Waals surface area contributed by atoms with Crippen molar-refractivity contribution in [3.63, 3.8) is 0 Å². The number of hydrogen-bond acceptors (Lipinski definition) is 5. The molecule has 2 aromatic rings. The van der Waals surface area contributed by atoms with Crippen molar-refractivity contribution in [1.82, 2.24) is 15.3 Å². The van der Waals surface area contributed by atoms with Gasteiger partial charge in [-0.15, -0.1) is 0 Å². The molecule has 1 atom stereocenters. The van der Waals surface area contributed by atoms with Crippen molar-refractivity contribution in [2.45, 2.75) is 19.3 Å². The van der Waals surface area contributed by atoms with Gasteiger partial charge < -0.3 is 15.5 Å². The van der Waals surface area contributed by atoms with E-state index in [-0.39, 0.29) is 24.2 Å². The Morgan fingerprint density at radius 3 is 2.65 bits per heavy atom. The third kappa shape index (κ3) is 5.02. The molecule has 0 spiro atoms. The lowest BCUT2D eigenvalue weighted by Gasteiger charge is -2.32. The number of carbonyl (C=O) groups excluding carboxylic acids is 2. The van der Waals surface area contributed by atoms with Gasteiger partial charge in [0.05, 0.1) is 5.92 Å². The highest BCUT2D eigenvalue weighted by Gasteiger charge is 2.26. The number of rotatable bonds is 6. The second-order valence-corrected chi connectivity index (χ2v) is 6.28. The normalized spacial score (nSPS) is 16.8. The summed E-state index contributed by atoms with van der Waals surface area (Å²) in [5, 5.41) is 5.58. The number of carbonyl (C=O) groups is 2. The predicted molar refractivity (Wildman–Crippen MR) is 99.7 cm³/mol. The van der Waals surface area contributed by atoms with E-state index in [1.165, 1.54) is 0 Å². The van der Waals surface area contributed by atoms with E-state index in [4.69, 9.17) is 0 Å². The average molecular weight is 353 g/mol. The largest absolute Gasteiger partial charge is 0.356 e. The van der Waals surface area contributed by atoms with Crippen LogP contribution in [0.25, 0.3) is 0 Å². The van der Waals surface area contributed by atoms with Crippen LogP contribution >= 0.6 is 0 Å². The van der Waals surface area contributed by atoms with Crippen LogP contribution in [0.1, 0.15) is 19.3 Å². The van der Waals surface area contributed by atoms with E-state index in [0.29, 0.717) is 18.9 Å². The maximum Gasteiger partial charge on any atom is 0.227 e. The lowest BCUT2D eigenvalue weighted by Crippen LogP contribution is -2.43. The Balaban J connectivity index is 1.42. The quantitative estimate of drug-likeness (QED) is 0.827. The maximum atomic E-state index is 12.4. The fraction of sp³-hybridized carbons (Fsp3) is 0.368. The molecular weight excluding hydrogens is 330 g/mol. The third-order valence-corrected chi connectivity index (χ3v) is 4.35. The van der Waals surface area contributed by atoms with Gasteiger partial charge in [-0.1, -0.05) is 12.1 Å². The first-order valence-corrected chi connectivity index (χ1v) is 8.87. The molecule has 1 aliphatic heterocycles. The number of nitrogens with zero attached hydrogens (tertiary/aromatic N) is 3. The summed E-state index contributed by atoms with van der Waals surface area (Å²) in [6.45, 7) is 1.88. The van der Waals surface area contributed by atoms with Crippen molar-refractivity contribution in [3.8, 4) is 0 Å². The van der Waals surface area contributed by atoms with Gasteiger partial charge >= 0.3 is 0 Å². The Morgan fingerprint density at radius 2 is 1.92 bits per heavy atom. The molecule has 7 nitrogen and oxygen atoms in total. The Bertz CT molecular complexity index is 723. The molecule has 136 valence electrons. The third-order valence-electron chi connectivity index (χ3n) is 4.35. The zero-order chi connectivity index (χ0) is 18.2. The van der Waals surface area contributed by atoms with Crippen LogP contribution in [-0.4, -0.2) is 41.4 Å². The molecule has 0 aliphatic carbocycles. The van der Waals surface area contributed by atoms with Gasteiger partial charge in [-0.05, 0) is 37.1 Å². The Labute approximate surface area is 152 Å². The summed E-state index contributed by atoms with van der Waals surface area (Å²) < 4.78 is 0. The topological polar surface area (TPSA) is 87.2 Å². The van der Waals surface area contributed by atoms with Crippen molar-refractivity contribution < 1.29 is 9.59 Å². The summed E-state index contributed by atoms with van der Waals surface area (Å²) >= 11 is 0. The van der Waals surface area contributed by atoms with Gasteiger partial charge in [0.25, 0.3) is 0 Å². The minimum atomic E-state index is -0.164. The van der Waals surface area contributed by atoms with Gasteiger partial charge in [-0.3, -0.25) is 9.59 Å². The number of hydrogen-bond donors (Lipinski definition) is 2. The first-order valence-electron chi connectivity index (χ1n) is 8.87. The molecule has 2 aromatic heterocycles. The molecule has 1 aliphatic rings. The molecule has 1 fully saturated rings. The summed E-state index contributed by atoms with van der Waals surface area (Å²) in [5.74, 6) is 1.17. The van der Waals surface area contributed by atoms with Crippen molar-refractivity contribution >= 4 is 23.5 Å². The molecule has 1 saturated heterocycles. The van der Waals surface area contributed by atoms with E-state index >= 15 is 0 Å². The molecule has 0 radical (unpaired) electrons. The lowest BCUT2D eigenvalue weighted by atomic mass is 9.97. The SMILES string of the molecule is O=C(CCNC(=O)C1CCCN(c2ccccn2)C1)Nc1ccccn1. The lowest BCUT2D eigenvalue weighted by molar-refractivity contribution is -0.125. The molecule has 7 heteroatoms. The van der Waals surface area contributed by atoms with Crippen LogP contribution in [0.2, 0.25) is 0 Å². The number of nitrogens with one attached hydrogen (secondary N) is 2. The molecule has 2 N–H and O–H groups in total. The summed E-state index contributed by atoms with van der Waals surface area (Å²) in [7, 11) is 0.